The van der Waals surface area contributed by atoms with Crippen molar-refractivity contribution in [2.24, 2.45) is 0 Å². The quantitative estimate of drug-likeness (QED) is 0.594. The summed E-state index contributed by atoms with van der Waals surface area (Å²) in [6.07, 6.45) is 2.02. The second-order valence-electron chi connectivity index (χ2n) is 3.92. The molecule has 0 saturated carbocycles. The lowest BCUT2D eigenvalue weighted by Gasteiger charge is -2.12. The summed E-state index contributed by atoms with van der Waals surface area (Å²) in [7, 11) is 0. The molecule has 0 fully saturated rings. The molecule has 1 unspecified atom stereocenters. The summed E-state index contributed by atoms with van der Waals surface area (Å²) in [6.45, 7) is 1.31. The molecule has 0 saturated heterocycles. The van der Waals surface area contributed by atoms with Gasteiger partial charge in [-0.15, -0.1) is 0 Å². The minimum absolute atomic E-state index is 0.335. The fourth-order valence-electron chi connectivity index (χ4n) is 1.43. The van der Waals surface area contributed by atoms with Crippen molar-refractivity contribution in [1.29, 1.82) is 0 Å². The zero-order chi connectivity index (χ0) is 14.3. The van der Waals surface area contributed by atoms with Crippen molar-refractivity contribution in [3.05, 3.63) is 29.0 Å². The van der Waals surface area contributed by atoms with Gasteiger partial charge in [-0.3, -0.25) is 4.79 Å². The molecule has 0 aromatic carbocycles. The largest absolute Gasteiger partial charge is 0.480 e. The van der Waals surface area contributed by atoms with Crippen molar-refractivity contribution in [3.8, 4) is 0 Å². The molecule has 5 nitrogen and oxygen atoms in total. The monoisotopic (exact) mass is 302 g/mol. The Morgan fingerprint density at radius 1 is 1.58 bits per heavy atom. The van der Waals surface area contributed by atoms with Gasteiger partial charge in [0.05, 0.1) is 0 Å². The number of amides is 1. The van der Waals surface area contributed by atoms with E-state index in [0.29, 0.717) is 17.3 Å². The standard InChI is InChI=1S/C12H15ClN2O3S/c1-8(16)15-10(12(17)18)3-5-19-7-9-2-4-14-11(13)6-9/h2,4,6,10H,3,5,7H2,1H3,(H,15,16)(H,17,18). The highest BCUT2D eigenvalue weighted by Gasteiger charge is 2.17. The highest BCUT2D eigenvalue weighted by Crippen LogP contribution is 2.16. The first-order valence-corrected chi connectivity index (χ1v) is 7.20. The number of pyridine rings is 1. The zero-order valence-corrected chi connectivity index (χ0v) is 12.0. The second-order valence-corrected chi connectivity index (χ2v) is 5.41. The van der Waals surface area contributed by atoms with Crippen molar-refractivity contribution in [2.75, 3.05) is 5.75 Å². The van der Waals surface area contributed by atoms with Crippen LogP contribution in [0, 0.1) is 0 Å². The van der Waals surface area contributed by atoms with Crippen molar-refractivity contribution in [3.63, 3.8) is 0 Å². The molecule has 2 N–H and O–H groups in total. The van der Waals surface area contributed by atoms with Crippen LogP contribution in [0.4, 0.5) is 0 Å². The average Bonchev–Trinajstić information content (AvgIpc) is 2.32. The lowest BCUT2D eigenvalue weighted by atomic mass is 10.2. The number of nitrogens with one attached hydrogen (secondary N) is 1. The Bertz CT molecular complexity index is 456. The summed E-state index contributed by atoms with van der Waals surface area (Å²) >= 11 is 7.35. The number of carboxylic acids is 1. The van der Waals surface area contributed by atoms with Crippen LogP contribution in [-0.4, -0.2) is 33.8 Å². The van der Waals surface area contributed by atoms with Gasteiger partial charge < -0.3 is 10.4 Å². The number of nitrogens with zero attached hydrogens (tertiary/aromatic N) is 1. The Labute approximate surface area is 120 Å². The molecule has 0 bridgehead atoms. The van der Waals surface area contributed by atoms with E-state index >= 15 is 0 Å². The van der Waals surface area contributed by atoms with Gasteiger partial charge in [-0.1, -0.05) is 11.6 Å². The van der Waals surface area contributed by atoms with E-state index in [2.05, 4.69) is 10.3 Å². The third-order valence-corrected chi connectivity index (χ3v) is 3.55. The fourth-order valence-corrected chi connectivity index (χ4v) is 2.58. The summed E-state index contributed by atoms with van der Waals surface area (Å²) < 4.78 is 0. The molecule has 1 rings (SSSR count). The fraction of sp³-hybridized carbons (Fsp3) is 0.417. The van der Waals surface area contributed by atoms with Crippen LogP contribution in [0.1, 0.15) is 18.9 Å². The molecule has 0 radical (unpaired) electrons. The maximum Gasteiger partial charge on any atom is 0.326 e. The van der Waals surface area contributed by atoms with Crippen LogP contribution >= 0.6 is 23.4 Å². The van der Waals surface area contributed by atoms with Gasteiger partial charge in [-0.05, 0) is 29.9 Å². The highest BCUT2D eigenvalue weighted by molar-refractivity contribution is 7.98. The minimum atomic E-state index is -1.01. The first kappa shape index (κ1) is 15.8. The summed E-state index contributed by atoms with van der Waals surface area (Å²) in [4.78, 5) is 25.6. The smallest absolute Gasteiger partial charge is 0.326 e. The van der Waals surface area contributed by atoms with Gasteiger partial charge in [0.15, 0.2) is 0 Å². The number of halogens is 1. The molecule has 0 aliphatic heterocycles. The van der Waals surface area contributed by atoms with E-state index in [1.807, 2.05) is 6.07 Å². The lowest BCUT2D eigenvalue weighted by Crippen LogP contribution is -2.39. The normalized spacial score (nSPS) is 11.9. The number of aromatic nitrogens is 1. The molecule has 1 aromatic heterocycles. The number of hydrogen-bond acceptors (Lipinski definition) is 4. The van der Waals surface area contributed by atoms with Crippen molar-refractivity contribution in [1.82, 2.24) is 10.3 Å². The molecule has 1 amide bonds. The number of aliphatic carboxylic acids is 1. The number of thioether (sulfide) groups is 1. The van der Waals surface area contributed by atoms with Crippen molar-refractivity contribution >= 4 is 35.2 Å². The zero-order valence-electron chi connectivity index (χ0n) is 10.4. The molecule has 1 atom stereocenters. The number of rotatable bonds is 7. The SMILES string of the molecule is CC(=O)NC(CCSCc1ccnc(Cl)c1)C(=O)O. The summed E-state index contributed by atoms with van der Waals surface area (Å²) in [6, 6.07) is 2.81. The number of carbonyl (C=O) groups is 2. The molecule has 0 aliphatic rings. The summed E-state index contributed by atoms with van der Waals surface area (Å²) in [5.74, 6) is 0.0207. The van der Waals surface area contributed by atoms with Crippen LogP contribution in [0.25, 0.3) is 0 Å². The van der Waals surface area contributed by atoms with E-state index in [9.17, 15) is 9.59 Å². The van der Waals surface area contributed by atoms with E-state index < -0.39 is 12.0 Å². The molecule has 7 heteroatoms. The Balaban J connectivity index is 2.32. The van der Waals surface area contributed by atoms with Gasteiger partial charge in [0.25, 0.3) is 0 Å². The Morgan fingerprint density at radius 3 is 2.89 bits per heavy atom. The van der Waals surface area contributed by atoms with Crippen LogP contribution in [0.2, 0.25) is 5.15 Å². The summed E-state index contributed by atoms with van der Waals surface area (Å²) in [5.41, 5.74) is 1.04. The molecule has 0 spiro atoms. The number of carbonyl (C=O) groups excluding carboxylic acids is 1. The third kappa shape index (κ3) is 6.45. The minimum Gasteiger partial charge on any atom is -0.480 e. The predicted octanol–water partition coefficient (Wildman–Crippen LogP) is 1.95. The van der Waals surface area contributed by atoms with Crippen molar-refractivity contribution in [2.45, 2.75) is 25.1 Å². The predicted molar refractivity (Wildman–Crippen MR) is 75.3 cm³/mol. The highest BCUT2D eigenvalue weighted by atomic mass is 35.5. The first-order chi connectivity index (χ1) is 8.99. The molecule has 0 aliphatic carbocycles. The Kier molecular flexibility index (Phi) is 6.66. The van der Waals surface area contributed by atoms with Crippen LogP contribution in [0.5, 0.6) is 0 Å². The summed E-state index contributed by atoms with van der Waals surface area (Å²) in [5, 5.41) is 11.8. The molecule has 104 valence electrons. The van der Waals surface area contributed by atoms with E-state index in [-0.39, 0.29) is 5.91 Å². The van der Waals surface area contributed by atoms with E-state index in [1.54, 1.807) is 24.0 Å². The first-order valence-electron chi connectivity index (χ1n) is 5.67. The number of hydrogen-bond donors (Lipinski definition) is 2. The van der Waals surface area contributed by atoms with E-state index in [4.69, 9.17) is 16.7 Å². The van der Waals surface area contributed by atoms with Gasteiger partial charge in [-0.2, -0.15) is 11.8 Å². The lowest BCUT2D eigenvalue weighted by molar-refractivity contribution is -0.141. The number of carboxylic acid groups (broad SMARTS) is 1. The maximum absolute atomic E-state index is 10.9. The van der Waals surface area contributed by atoms with Gasteiger partial charge in [0, 0.05) is 18.9 Å². The third-order valence-electron chi connectivity index (χ3n) is 2.29. The van der Waals surface area contributed by atoms with Gasteiger partial charge in [0.1, 0.15) is 11.2 Å². The topological polar surface area (TPSA) is 79.3 Å². The van der Waals surface area contributed by atoms with E-state index in [1.165, 1.54) is 6.92 Å². The van der Waals surface area contributed by atoms with Crippen LogP contribution in [0.15, 0.2) is 18.3 Å². The maximum atomic E-state index is 10.9. The van der Waals surface area contributed by atoms with Gasteiger partial charge in [-0.25, -0.2) is 9.78 Å². The molecule has 1 heterocycles. The van der Waals surface area contributed by atoms with Gasteiger partial charge >= 0.3 is 5.97 Å². The Morgan fingerprint density at radius 2 is 2.32 bits per heavy atom. The molecular formula is C12H15ClN2O3S. The molecular weight excluding hydrogens is 288 g/mol. The van der Waals surface area contributed by atoms with Crippen LogP contribution in [-0.2, 0) is 15.3 Å². The van der Waals surface area contributed by atoms with Crippen LogP contribution in [0.3, 0.4) is 0 Å². The molecule has 19 heavy (non-hydrogen) atoms. The molecule has 1 aromatic rings. The Hall–Kier alpha value is -1.27. The van der Waals surface area contributed by atoms with Crippen LogP contribution < -0.4 is 5.32 Å². The van der Waals surface area contributed by atoms with E-state index in [0.717, 1.165) is 11.3 Å². The second kappa shape index (κ2) is 8.01. The average molecular weight is 303 g/mol. The van der Waals surface area contributed by atoms with Crippen molar-refractivity contribution < 1.29 is 14.7 Å². The van der Waals surface area contributed by atoms with Gasteiger partial charge in [0.2, 0.25) is 5.91 Å².